The summed E-state index contributed by atoms with van der Waals surface area (Å²) in [4.78, 5) is 36.6. The highest BCUT2D eigenvalue weighted by atomic mass is 16.2. The van der Waals surface area contributed by atoms with Gasteiger partial charge in [-0.25, -0.2) is 0 Å². The highest BCUT2D eigenvalue weighted by Gasteiger charge is 2.45. The molecule has 1 atom stereocenters. The molecule has 1 fully saturated rings. The van der Waals surface area contributed by atoms with Crippen molar-refractivity contribution in [1.29, 1.82) is 0 Å². The number of likely N-dealkylation sites (tertiary alicyclic amines) is 1. The number of rotatable bonds is 3. The molecule has 0 N–H and O–H groups in total. The first-order valence-corrected chi connectivity index (χ1v) is 4.60. The largest absolute Gasteiger partial charge is 0.334 e. The molecule has 3 amide bonds. The molecule has 0 aliphatic carbocycles. The van der Waals surface area contributed by atoms with E-state index in [4.69, 9.17) is 0 Å². The molecule has 0 radical (unpaired) electrons. The molecule has 0 spiro atoms. The molecule has 2 aliphatic heterocycles. The zero-order chi connectivity index (χ0) is 11.0. The fourth-order valence-electron chi connectivity index (χ4n) is 1.71. The predicted octanol–water partition coefficient (Wildman–Crippen LogP) is -0.692. The van der Waals surface area contributed by atoms with E-state index in [9.17, 15) is 14.4 Å². The molecular weight excluding hydrogens is 196 g/mol. The summed E-state index contributed by atoms with van der Waals surface area (Å²) < 4.78 is 0. The van der Waals surface area contributed by atoms with Gasteiger partial charge in [-0.05, 0) is 0 Å². The lowest BCUT2D eigenvalue weighted by Gasteiger charge is -2.41. The summed E-state index contributed by atoms with van der Waals surface area (Å²) in [6.45, 7) is 4.38. The van der Waals surface area contributed by atoms with Crippen molar-refractivity contribution in [3.8, 4) is 0 Å². The monoisotopic (exact) mass is 206 g/mol. The lowest BCUT2D eigenvalue weighted by atomic mass is 10.1. The number of carbonyl (C=O) groups is 3. The van der Waals surface area contributed by atoms with Gasteiger partial charge in [0.25, 0.3) is 11.8 Å². The van der Waals surface area contributed by atoms with Gasteiger partial charge in [0, 0.05) is 18.7 Å². The van der Waals surface area contributed by atoms with Gasteiger partial charge in [-0.3, -0.25) is 19.3 Å². The van der Waals surface area contributed by atoms with E-state index < -0.39 is 17.9 Å². The van der Waals surface area contributed by atoms with Gasteiger partial charge in [-0.2, -0.15) is 0 Å². The summed E-state index contributed by atoms with van der Waals surface area (Å²) in [6, 6.07) is -0.611. The Bertz CT molecular complexity index is 368. The van der Waals surface area contributed by atoms with Crippen LogP contribution < -0.4 is 0 Å². The van der Waals surface area contributed by atoms with Gasteiger partial charge >= 0.3 is 0 Å². The Balaban J connectivity index is 2.04. The first-order valence-electron chi connectivity index (χ1n) is 4.60. The van der Waals surface area contributed by atoms with Crippen LogP contribution in [0.2, 0.25) is 0 Å². The minimum atomic E-state index is -0.611. The van der Waals surface area contributed by atoms with E-state index in [0.29, 0.717) is 13.1 Å². The third-order valence-electron chi connectivity index (χ3n) is 2.49. The Kier molecular flexibility index (Phi) is 2.15. The van der Waals surface area contributed by atoms with E-state index in [0.717, 1.165) is 4.90 Å². The summed E-state index contributed by atoms with van der Waals surface area (Å²) in [5.74, 6) is -1.01. The number of β-lactam (4-membered cyclic amide) rings is 1. The molecule has 1 unspecified atom stereocenters. The number of hydrogen-bond donors (Lipinski definition) is 0. The molecule has 15 heavy (non-hydrogen) atoms. The average molecular weight is 206 g/mol. The molecule has 2 aliphatic rings. The summed E-state index contributed by atoms with van der Waals surface area (Å²) in [6.07, 6.45) is 3.98. The molecule has 78 valence electrons. The Morgan fingerprint density at radius 1 is 1.33 bits per heavy atom. The smallest absolute Gasteiger partial charge is 0.254 e. The molecule has 0 aromatic heterocycles. The maximum Gasteiger partial charge on any atom is 0.254 e. The normalized spacial score (nSPS) is 24.8. The molecule has 1 saturated heterocycles. The van der Waals surface area contributed by atoms with Gasteiger partial charge < -0.3 is 4.90 Å². The van der Waals surface area contributed by atoms with Gasteiger partial charge in [0.2, 0.25) is 5.91 Å². The number of imide groups is 1. The molecule has 0 bridgehead atoms. The van der Waals surface area contributed by atoms with Gasteiger partial charge in [-0.15, -0.1) is 6.58 Å². The highest BCUT2D eigenvalue weighted by Crippen LogP contribution is 2.20. The van der Waals surface area contributed by atoms with Crippen LogP contribution in [0.25, 0.3) is 0 Å². The van der Waals surface area contributed by atoms with E-state index >= 15 is 0 Å². The fraction of sp³-hybridized carbons (Fsp3) is 0.300. The van der Waals surface area contributed by atoms with Crippen LogP contribution in [0.5, 0.6) is 0 Å². The lowest BCUT2D eigenvalue weighted by Crippen LogP contribution is -2.64. The zero-order valence-corrected chi connectivity index (χ0v) is 8.05. The third-order valence-corrected chi connectivity index (χ3v) is 2.49. The molecule has 0 aromatic rings. The van der Waals surface area contributed by atoms with Crippen molar-refractivity contribution >= 4 is 17.7 Å². The summed E-state index contributed by atoms with van der Waals surface area (Å²) in [5.41, 5.74) is 0. The van der Waals surface area contributed by atoms with E-state index in [1.165, 1.54) is 17.1 Å². The number of amides is 3. The lowest BCUT2D eigenvalue weighted by molar-refractivity contribution is -0.159. The predicted molar refractivity (Wildman–Crippen MR) is 51.6 cm³/mol. The Morgan fingerprint density at radius 2 is 1.93 bits per heavy atom. The Hall–Kier alpha value is -1.91. The molecule has 5 nitrogen and oxygen atoms in total. The van der Waals surface area contributed by atoms with Crippen molar-refractivity contribution < 1.29 is 14.4 Å². The number of hydrogen-bond acceptors (Lipinski definition) is 3. The van der Waals surface area contributed by atoms with Crippen molar-refractivity contribution in [1.82, 2.24) is 9.80 Å². The van der Waals surface area contributed by atoms with Crippen LogP contribution in [-0.4, -0.2) is 46.7 Å². The maximum atomic E-state index is 11.5. The van der Waals surface area contributed by atoms with E-state index in [-0.39, 0.29) is 5.91 Å². The van der Waals surface area contributed by atoms with Crippen LogP contribution >= 0.6 is 0 Å². The second-order valence-corrected chi connectivity index (χ2v) is 3.43. The van der Waals surface area contributed by atoms with Crippen LogP contribution in [0.15, 0.2) is 24.8 Å². The van der Waals surface area contributed by atoms with Crippen LogP contribution in [0.1, 0.15) is 0 Å². The number of nitrogens with zero attached hydrogens (tertiary/aromatic N) is 2. The summed E-state index contributed by atoms with van der Waals surface area (Å²) in [7, 11) is 0. The van der Waals surface area contributed by atoms with Crippen molar-refractivity contribution in [2.75, 3.05) is 13.1 Å². The molecule has 2 rings (SSSR count). The van der Waals surface area contributed by atoms with Crippen LogP contribution in [0, 0.1) is 0 Å². The van der Waals surface area contributed by atoms with Crippen LogP contribution in [0.3, 0.4) is 0 Å². The van der Waals surface area contributed by atoms with Gasteiger partial charge in [0.05, 0.1) is 6.54 Å². The van der Waals surface area contributed by atoms with Gasteiger partial charge in [0.15, 0.2) is 0 Å². The van der Waals surface area contributed by atoms with Crippen molar-refractivity contribution in [2.45, 2.75) is 6.04 Å². The molecular formula is C10H10N2O3. The summed E-state index contributed by atoms with van der Waals surface area (Å²) in [5, 5.41) is 0. The number of carbonyl (C=O) groups excluding carboxylic acids is 3. The van der Waals surface area contributed by atoms with Crippen molar-refractivity contribution in [2.24, 2.45) is 0 Å². The van der Waals surface area contributed by atoms with Gasteiger partial charge in [0.1, 0.15) is 6.04 Å². The van der Waals surface area contributed by atoms with E-state index in [1.807, 2.05) is 0 Å². The second kappa shape index (κ2) is 3.34. The summed E-state index contributed by atoms with van der Waals surface area (Å²) >= 11 is 0. The van der Waals surface area contributed by atoms with Crippen molar-refractivity contribution in [3.05, 3.63) is 24.8 Å². The maximum absolute atomic E-state index is 11.5. The highest BCUT2D eigenvalue weighted by molar-refractivity contribution is 6.15. The molecule has 0 saturated carbocycles. The Morgan fingerprint density at radius 3 is 2.40 bits per heavy atom. The molecule has 0 aromatic carbocycles. The molecule has 2 heterocycles. The average Bonchev–Trinajstić information content (AvgIpc) is 2.53. The third kappa shape index (κ3) is 1.36. The van der Waals surface area contributed by atoms with Crippen LogP contribution in [-0.2, 0) is 14.4 Å². The van der Waals surface area contributed by atoms with Crippen LogP contribution in [0.4, 0.5) is 0 Å². The first-order chi connectivity index (χ1) is 7.15. The SMILES string of the molecule is C=CCN1CC(N2C(=O)C=CC2=O)C1=O. The zero-order valence-electron chi connectivity index (χ0n) is 8.05. The van der Waals surface area contributed by atoms with Gasteiger partial charge in [-0.1, -0.05) is 6.08 Å². The topological polar surface area (TPSA) is 57.7 Å². The Labute approximate surface area is 86.6 Å². The first kappa shape index (κ1) is 9.64. The quantitative estimate of drug-likeness (QED) is 0.349. The minimum Gasteiger partial charge on any atom is -0.334 e. The van der Waals surface area contributed by atoms with Crippen molar-refractivity contribution in [3.63, 3.8) is 0 Å². The van der Waals surface area contributed by atoms with E-state index in [1.54, 1.807) is 6.08 Å². The molecule has 5 heteroatoms. The van der Waals surface area contributed by atoms with E-state index in [2.05, 4.69) is 6.58 Å². The minimum absolute atomic E-state index is 0.194. The standard InChI is InChI=1S/C10H10N2O3/c1-2-5-11-6-7(10(11)15)12-8(13)3-4-9(12)14/h2-4,7H,1,5-6H2. The fourth-order valence-corrected chi connectivity index (χ4v) is 1.71. The second-order valence-electron chi connectivity index (χ2n) is 3.43.